The van der Waals surface area contributed by atoms with Gasteiger partial charge in [-0.3, -0.25) is 9.59 Å². The number of amides is 2. The molecule has 8 nitrogen and oxygen atoms in total. The molecule has 0 spiro atoms. The maximum absolute atomic E-state index is 14.2. The van der Waals surface area contributed by atoms with E-state index in [9.17, 15) is 27.9 Å². The highest BCUT2D eigenvalue weighted by Gasteiger charge is 2.31. The lowest BCUT2D eigenvalue weighted by Crippen LogP contribution is -2.47. The molecule has 3 rings (SSSR count). The number of anilines is 1. The van der Waals surface area contributed by atoms with Crippen LogP contribution in [-0.4, -0.2) is 91.0 Å². The molecule has 1 fully saturated rings. The predicted molar refractivity (Wildman–Crippen MR) is 165 cm³/mol. The summed E-state index contributed by atoms with van der Waals surface area (Å²) in [4.78, 5) is 30.4. The summed E-state index contributed by atoms with van der Waals surface area (Å²) < 4.78 is 50.6. The molecule has 1 aliphatic carbocycles. The van der Waals surface area contributed by atoms with Gasteiger partial charge in [-0.1, -0.05) is 26.2 Å². The molecule has 250 valence electrons. The van der Waals surface area contributed by atoms with Crippen LogP contribution in [-0.2, 0) is 9.53 Å². The van der Waals surface area contributed by atoms with E-state index in [-0.39, 0.29) is 36.0 Å². The van der Waals surface area contributed by atoms with E-state index in [1.165, 1.54) is 44.2 Å². The highest BCUT2D eigenvalue weighted by Crippen LogP contribution is 2.30. The Morgan fingerprint density at radius 2 is 1.82 bits per heavy atom. The van der Waals surface area contributed by atoms with Crippen molar-refractivity contribution < 1.29 is 37.3 Å². The van der Waals surface area contributed by atoms with E-state index >= 15 is 0 Å². The van der Waals surface area contributed by atoms with Crippen molar-refractivity contribution in [3.63, 3.8) is 0 Å². The second-order valence-electron chi connectivity index (χ2n) is 12.9. The Labute approximate surface area is 260 Å². The largest absolute Gasteiger partial charge is 0.490 e. The Morgan fingerprint density at radius 3 is 2.50 bits per heavy atom. The first-order valence-electron chi connectivity index (χ1n) is 16.3. The molecule has 11 heteroatoms. The maximum atomic E-state index is 14.2. The Hall–Kier alpha value is -2.37. The number of aliphatic hydroxyl groups excluding tert-OH is 1. The summed E-state index contributed by atoms with van der Waals surface area (Å²) in [6.45, 7) is 8.17. The predicted octanol–water partition coefficient (Wildman–Crippen LogP) is 6.28. The van der Waals surface area contributed by atoms with Crippen LogP contribution >= 0.6 is 0 Å². The molecule has 2 amide bonds. The van der Waals surface area contributed by atoms with Crippen LogP contribution < -0.4 is 10.1 Å². The minimum atomic E-state index is -4.45. The van der Waals surface area contributed by atoms with Crippen LogP contribution in [0.15, 0.2) is 18.2 Å². The van der Waals surface area contributed by atoms with Crippen LogP contribution in [0.1, 0.15) is 95.3 Å². The van der Waals surface area contributed by atoms with Gasteiger partial charge in [-0.15, -0.1) is 0 Å². The summed E-state index contributed by atoms with van der Waals surface area (Å²) in [7, 11) is 2.13. The van der Waals surface area contributed by atoms with Gasteiger partial charge in [0.1, 0.15) is 5.75 Å². The van der Waals surface area contributed by atoms with Gasteiger partial charge in [0.2, 0.25) is 5.91 Å². The molecular weight excluding hydrogens is 575 g/mol. The number of likely N-dealkylation sites (N-methyl/N-ethyl adjacent to an activating group) is 1. The van der Waals surface area contributed by atoms with Gasteiger partial charge in [0.15, 0.2) is 0 Å². The first-order valence-corrected chi connectivity index (χ1v) is 16.3. The summed E-state index contributed by atoms with van der Waals surface area (Å²) in [6, 6.07) is 4.04. The first-order chi connectivity index (χ1) is 20.9. The van der Waals surface area contributed by atoms with Crippen LogP contribution in [0.25, 0.3) is 0 Å². The summed E-state index contributed by atoms with van der Waals surface area (Å²) >= 11 is 0. The van der Waals surface area contributed by atoms with Crippen molar-refractivity contribution in [1.82, 2.24) is 9.80 Å². The van der Waals surface area contributed by atoms with Crippen molar-refractivity contribution in [2.75, 3.05) is 45.2 Å². The van der Waals surface area contributed by atoms with Crippen LogP contribution in [0.2, 0.25) is 0 Å². The zero-order chi connectivity index (χ0) is 32.3. The monoisotopic (exact) mass is 627 g/mol. The third-order valence-electron chi connectivity index (χ3n) is 8.76. The lowest BCUT2D eigenvalue weighted by molar-refractivity contribution is -0.142. The molecule has 44 heavy (non-hydrogen) atoms. The third kappa shape index (κ3) is 11.9. The molecule has 0 saturated heterocycles. The molecule has 0 radical (unpaired) electrons. The minimum Gasteiger partial charge on any atom is -0.490 e. The lowest BCUT2D eigenvalue weighted by atomic mass is 9.89. The summed E-state index contributed by atoms with van der Waals surface area (Å²) in [6.07, 6.45) is 2.15. The Bertz CT molecular complexity index is 1050. The zero-order valence-electron chi connectivity index (χ0n) is 26.8. The highest BCUT2D eigenvalue weighted by atomic mass is 19.4. The molecule has 1 aliphatic heterocycles. The number of alkyl halides is 3. The van der Waals surface area contributed by atoms with Gasteiger partial charge >= 0.3 is 6.18 Å². The van der Waals surface area contributed by atoms with E-state index < -0.39 is 36.9 Å². The Balaban J connectivity index is 1.86. The lowest BCUT2D eigenvalue weighted by Gasteiger charge is -2.36. The molecule has 0 unspecified atom stereocenters. The van der Waals surface area contributed by atoms with Crippen LogP contribution in [0.4, 0.5) is 18.9 Å². The van der Waals surface area contributed by atoms with E-state index in [4.69, 9.17) is 9.47 Å². The van der Waals surface area contributed by atoms with Crippen molar-refractivity contribution in [2.45, 2.75) is 109 Å². The van der Waals surface area contributed by atoms with Crippen LogP contribution in [0, 0.1) is 11.8 Å². The Morgan fingerprint density at radius 1 is 1.11 bits per heavy atom. The molecule has 1 heterocycles. The molecule has 0 aromatic heterocycles. The number of ether oxygens (including phenoxy) is 2. The average molecular weight is 628 g/mol. The van der Waals surface area contributed by atoms with Gasteiger partial charge in [0, 0.05) is 44.3 Å². The SMILES string of the molecule is C[C@@H]1CN([C@@H](C)CO)C(=O)c2cc(NC(=O)CCC(F)(F)F)ccc2O[C@@H](C)CCCCO[C@@H]1CN(C)CC1CCCCC1. The van der Waals surface area contributed by atoms with E-state index in [1.54, 1.807) is 17.9 Å². The van der Waals surface area contributed by atoms with E-state index in [2.05, 4.69) is 24.2 Å². The molecule has 4 atom stereocenters. The smallest absolute Gasteiger partial charge is 0.389 e. The summed E-state index contributed by atoms with van der Waals surface area (Å²) in [5.74, 6) is -0.222. The van der Waals surface area contributed by atoms with Gasteiger partial charge in [-0.2, -0.15) is 13.2 Å². The number of hydrogen-bond donors (Lipinski definition) is 2. The summed E-state index contributed by atoms with van der Waals surface area (Å²) in [5, 5.41) is 12.6. The molecule has 2 N–H and O–H groups in total. The number of benzene rings is 1. The number of halogens is 3. The fourth-order valence-electron chi connectivity index (χ4n) is 6.13. The maximum Gasteiger partial charge on any atom is 0.389 e. The normalized spacial score (nSPS) is 23.9. The van der Waals surface area contributed by atoms with Gasteiger partial charge < -0.3 is 29.7 Å². The number of fused-ring (bicyclic) bond motifs is 1. The fraction of sp³-hybridized carbons (Fsp3) is 0.758. The average Bonchev–Trinajstić information content (AvgIpc) is 2.97. The number of rotatable bonds is 9. The Kier molecular flexibility index (Phi) is 14.2. The minimum absolute atomic E-state index is 0.0572. The van der Waals surface area contributed by atoms with Crippen molar-refractivity contribution >= 4 is 17.5 Å². The number of nitrogens with one attached hydrogen (secondary N) is 1. The number of hydrogen-bond acceptors (Lipinski definition) is 6. The summed E-state index contributed by atoms with van der Waals surface area (Å²) in [5.41, 5.74) is 0.388. The molecule has 1 saturated carbocycles. The number of carbonyl (C=O) groups excluding carboxylic acids is 2. The van der Waals surface area contributed by atoms with Crippen molar-refractivity contribution in [1.29, 1.82) is 0 Å². The van der Waals surface area contributed by atoms with Crippen molar-refractivity contribution in [3.05, 3.63) is 23.8 Å². The zero-order valence-corrected chi connectivity index (χ0v) is 26.8. The molecular formula is C33H52F3N3O5. The third-order valence-corrected chi connectivity index (χ3v) is 8.76. The topological polar surface area (TPSA) is 91.3 Å². The van der Waals surface area contributed by atoms with Crippen molar-refractivity contribution in [2.24, 2.45) is 11.8 Å². The fourth-order valence-corrected chi connectivity index (χ4v) is 6.13. The number of nitrogens with zero attached hydrogens (tertiary/aromatic N) is 2. The van der Waals surface area contributed by atoms with Gasteiger partial charge in [0.25, 0.3) is 5.91 Å². The van der Waals surface area contributed by atoms with E-state index in [1.807, 2.05) is 6.92 Å². The molecule has 1 aromatic carbocycles. The van der Waals surface area contributed by atoms with Crippen molar-refractivity contribution in [3.8, 4) is 5.75 Å². The van der Waals surface area contributed by atoms with E-state index in [0.29, 0.717) is 24.8 Å². The standard InChI is InChI=1S/C33H52F3N3O5/c1-23-19-39(24(2)22-40)32(42)28-18-27(37-31(41)15-16-33(34,35)36)13-14-29(28)44-25(3)10-8-9-17-43-30(23)21-38(4)20-26-11-6-5-7-12-26/h13-14,18,23-26,30,40H,5-12,15-17,19-22H2,1-4H3,(H,37,41)/t23-,24+,25+,30-/m1/s1. The highest BCUT2D eigenvalue weighted by molar-refractivity contribution is 5.99. The molecule has 1 aromatic rings. The number of aliphatic hydroxyl groups is 1. The second-order valence-corrected chi connectivity index (χ2v) is 12.9. The van der Waals surface area contributed by atoms with Gasteiger partial charge in [-0.25, -0.2) is 0 Å². The van der Waals surface area contributed by atoms with E-state index in [0.717, 1.165) is 32.4 Å². The van der Waals surface area contributed by atoms with Crippen LogP contribution in [0.5, 0.6) is 5.75 Å². The number of carbonyl (C=O) groups is 2. The molecule has 2 aliphatic rings. The molecule has 0 bridgehead atoms. The van der Waals surface area contributed by atoms with Crippen LogP contribution in [0.3, 0.4) is 0 Å². The van der Waals surface area contributed by atoms with Gasteiger partial charge in [-0.05, 0) is 77.1 Å². The van der Waals surface area contributed by atoms with Gasteiger partial charge in [0.05, 0.1) is 36.8 Å². The quantitative estimate of drug-likeness (QED) is 0.335. The first kappa shape index (κ1) is 36.1. The second kappa shape index (κ2) is 17.4.